The summed E-state index contributed by atoms with van der Waals surface area (Å²) in [4.78, 5) is 2.49. The molecule has 3 rings (SSSR count). The molecule has 2 aliphatic rings. The molecular formula is C24H42N4O2. The predicted octanol–water partition coefficient (Wildman–Crippen LogP) is 3.69. The summed E-state index contributed by atoms with van der Waals surface area (Å²) >= 11 is 0. The Balaban J connectivity index is 1.55. The van der Waals surface area contributed by atoms with E-state index in [2.05, 4.69) is 68.0 Å². The van der Waals surface area contributed by atoms with Gasteiger partial charge < -0.3 is 14.5 Å². The molecule has 0 radical (unpaired) electrons. The number of hydrogen-bond donors (Lipinski definition) is 1. The van der Waals surface area contributed by atoms with Gasteiger partial charge in [0.2, 0.25) is 11.8 Å². The molecular weight excluding hydrogens is 376 g/mol. The summed E-state index contributed by atoms with van der Waals surface area (Å²) in [7, 11) is 0. The van der Waals surface area contributed by atoms with E-state index in [1.54, 1.807) is 0 Å². The molecule has 3 atom stereocenters. The van der Waals surface area contributed by atoms with Gasteiger partial charge in [0.15, 0.2) is 0 Å². The zero-order chi connectivity index (χ0) is 21.7. The third-order valence-electron chi connectivity index (χ3n) is 6.70. The summed E-state index contributed by atoms with van der Waals surface area (Å²) in [5.74, 6) is 3.95. The van der Waals surface area contributed by atoms with Gasteiger partial charge in [0, 0.05) is 44.6 Å². The van der Waals surface area contributed by atoms with E-state index in [4.69, 9.17) is 9.15 Å². The van der Waals surface area contributed by atoms with Crippen molar-refractivity contribution in [3.63, 3.8) is 0 Å². The van der Waals surface area contributed by atoms with Crippen LogP contribution in [0.1, 0.15) is 59.7 Å². The summed E-state index contributed by atoms with van der Waals surface area (Å²) in [6, 6.07) is 0. The Morgan fingerprint density at radius 1 is 1.20 bits per heavy atom. The van der Waals surface area contributed by atoms with Crippen LogP contribution in [0.5, 0.6) is 0 Å². The Labute approximate surface area is 182 Å². The summed E-state index contributed by atoms with van der Waals surface area (Å²) in [5, 5.41) is 12.3. The summed E-state index contributed by atoms with van der Waals surface area (Å²) in [6.45, 7) is 20.4. The van der Waals surface area contributed by atoms with Crippen LogP contribution >= 0.6 is 0 Å². The molecule has 1 aliphatic heterocycles. The smallest absolute Gasteiger partial charge is 0.221 e. The van der Waals surface area contributed by atoms with Gasteiger partial charge in [0.05, 0.1) is 13.2 Å². The van der Waals surface area contributed by atoms with Crippen molar-refractivity contribution < 1.29 is 9.15 Å². The molecule has 0 aromatic carbocycles. The quantitative estimate of drug-likeness (QED) is 0.513. The number of nitrogens with zero attached hydrogens (tertiary/aromatic N) is 3. The van der Waals surface area contributed by atoms with E-state index in [0.29, 0.717) is 23.7 Å². The molecule has 6 heteroatoms. The molecule has 170 valence electrons. The molecule has 1 saturated heterocycles. The molecule has 1 aromatic heterocycles. The van der Waals surface area contributed by atoms with Crippen molar-refractivity contribution in [2.45, 2.75) is 59.8 Å². The normalized spacial score (nSPS) is 26.2. The van der Waals surface area contributed by atoms with Gasteiger partial charge in [0.1, 0.15) is 0 Å². The number of hydrogen-bond acceptors (Lipinski definition) is 6. The van der Waals surface area contributed by atoms with Crippen molar-refractivity contribution in [2.75, 3.05) is 45.9 Å². The number of nitrogens with one attached hydrogen (secondary N) is 1. The van der Waals surface area contributed by atoms with Crippen molar-refractivity contribution in [3.8, 4) is 0 Å². The molecule has 0 saturated carbocycles. The first-order valence-electron chi connectivity index (χ1n) is 11.8. The van der Waals surface area contributed by atoms with Gasteiger partial charge in [-0.25, -0.2) is 0 Å². The zero-order valence-corrected chi connectivity index (χ0v) is 19.9. The highest BCUT2D eigenvalue weighted by molar-refractivity contribution is 5.14. The second kappa shape index (κ2) is 10.4. The second-order valence-corrected chi connectivity index (χ2v) is 10.5. The molecule has 2 heterocycles. The Morgan fingerprint density at radius 2 is 1.93 bits per heavy atom. The summed E-state index contributed by atoms with van der Waals surface area (Å²) in [6.07, 6.45) is 4.57. The zero-order valence-electron chi connectivity index (χ0n) is 19.9. The lowest BCUT2D eigenvalue weighted by Crippen LogP contribution is -2.42. The third-order valence-corrected chi connectivity index (χ3v) is 6.70. The number of ether oxygens (including phenoxy) is 1. The van der Waals surface area contributed by atoms with Crippen LogP contribution in [0.4, 0.5) is 0 Å². The maximum absolute atomic E-state index is 5.98. The predicted molar refractivity (Wildman–Crippen MR) is 121 cm³/mol. The largest absolute Gasteiger partial charge is 0.425 e. The van der Waals surface area contributed by atoms with E-state index < -0.39 is 0 Å². The number of rotatable bonds is 8. The molecule has 1 aromatic rings. The minimum atomic E-state index is -0.0961. The van der Waals surface area contributed by atoms with E-state index in [0.717, 1.165) is 64.1 Å². The van der Waals surface area contributed by atoms with Crippen molar-refractivity contribution in [1.82, 2.24) is 20.4 Å². The maximum Gasteiger partial charge on any atom is 0.221 e. The first-order chi connectivity index (χ1) is 14.2. The third kappa shape index (κ3) is 6.38. The van der Waals surface area contributed by atoms with Crippen molar-refractivity contribution in [2.24, 2.45) is 23.7 Å². The number of aromatic nitrogens is 2. The standard InChI is InChI=1S/C24H42N4O2/c1-17(2)21-14-19(15-22-26-27-23(30-22)24(4,5)6)18(3)13-20(21)16-25-7-8-28-9-11-29-12-10-28/h13,17,19-21,25H,7-12,14-16H2,1-6H3/t19-,20-,21-/m0/s1. The topological polar surface area (TPSA) is 63.4 Å². The van der Waals surface area contributed by atoms with Crippen LogP contribution in [0.3, 0.4) is 0 Å². The molecule has 30 heavy (non-hydrogen) atoms. The Bertz CT molecular complexity index is 686. The van der Waals surface area contributed by atoms with Crippen LogP contribution < -0.4 is 5.32 Å². The molecule has 0 amide bonds. The van der Waals surface area contributed by atoms with Gasteiger partial charge in [0.25, 0.3) is 0 Å². The molecule has 6 nitrogen and oxygen atoms in total. The number of allylic oxidation sites excluding steroid dienone is 1. The van der Waals surface area contributed by atoms with Gasteiger partial charge in [-0.2, -0.15) is 0 Å². The first kappa shape index (κ1) is 23.4. The van der Waals surface area contributed by atoms with Crippen LogP contribution in [0.15, 0.2) is 16.1 Å². The minimum absolute atomic E-state index is 0.0961. The van der Waals surface area contributed by atoms with E-state index in [1.165, 1.54) is 12.0 Å². The first-order valence-corrected chi connectivity index (χ1v) is 11.8. The molecule has 0 bridgehead atoms. The number of morpholine rings is 1. The van der Waals surface area contributed by atoms with Crippen LogP contribution in [-0.2, 0) is 16.6 Å². The van der Waals surface area contributed by atoms with E-state index in [-0.39, 0.29) is 5.41 Å². The molecule has 1 aliphatic carbocycles. The van der Waals surface area contributed by atoms with Crippen LogP contribution in [-0.4, -0.2) is 61.0 Å². The van der Waals surface area contributed by atoms with E-state index in [9.17, 15) is 0 Å². The van der Waals surface area contributed by atoms with Gasteiger partial charge in [-0.1, -0.05) is 46.3 Å². The minimum Gasteiger partial charge on any atom is -0.425 e. The van der Waals surface area contributed by atoms with Crippen LogP contribution in [0.25, 0.3) is 0 Å². The van der Waals surface area contributed by atoms with E-state index in [1.807, 2.05) is 0 Å². The highest BCUT2D eigenvalue weighted by Crippen LogP contribution is 2.38. The Morgan fingerprint density at radius 3 is 2.57 bits per heavy atom. The van der Waals surface area contributed by atoms with Gasteiger partial charge in [-0.3, -0.25) is 4.90 Å². The fourth-order valence-corrected chi connectivity index (χ4v) is 4.69. The van der Waals surface area contributed by atoms with E-state index >= 15 is 0 Å². The molecule has 0 spiro atoms. The molecule has 1 N–H and O–H groups in total. The average molecular weight is 419 g/mol. The molecule has 0 unspecified atom stereocenters. The Hall–Kier alpha value is -1.24. The SMILES string of the molecule is CC1=C[C@@H](CNCCN2CCOCC2)[C@H](C(C)C)C[C@H]1Cc1nnc(C(C)(C)C)o1. The lowest BCUT2D eigenvalue weighted by molar-refractivity contribution is 0.0382. The van der Waals surface area contributed by atoms with Gasteiger partial charge in [-0.15, -0.1) is 10.2 Å². The average Bonchev–Trinajstić information content (AvgIpc) is 3.17. The lowest BCUT2D eigenvalue weighted by atomic mass is 9.70. The fourth-order valence-electron chi connectivity index (χ4n) is 4.69. The Kier molecular flexibility index (Phi) is 8.11. The van der Waals surface area contributed by atoms with Crippen molar-refractivity contribution in [1.29, 1.82) is 0 Å². The fraction of sp³-hybridized carbons (Fsp3) is 0.833. The van der Waals surface area contributed by atoms with Crippen LogP contribution in [0, 0.1) is 23.7 Å². The summed E-state index contributed by atoms with van der Waals surface area (Å²) in [5.41, 5.74) is 1.38. The van der Waals surface area contributed by atoms with Crippen LogP contribution in [0.2, 0.25) is 0 Å². The van der Waals surface area contributed by atoms with Crippen molar-refractivity contribution >= 4 is 0 Å². The van der Waals surface area contributed by atoms with Gasteiger partial charge >= 0.3 is 0 Å². The maximum atomic E-state index is 5.98. The lowest BCUT2D eigenvalue weighted by Gasteiger charge is -2.37. The highest BCUT2D eigenvalue weighted by atomic mass is 16.5. The monoisotopic (exact) mass is 418 g/mol. The highest BCUT2D eigenvalue weighted by Gasteiger charge is 2.32. The van der Waals surface area contributed by atoms with Crippen molar-refractivity contribution in [3.05, 3.63) is 23.4 Å². The summed E-state index contributed by atoms with van der Waals surface area (Å²) < 4.78 is 11.4. The second-order valence-electron chi connectivity index (χ2n) is 10.5. The molecule has 1 fully saturated rings. The van der Waals surface area contributed by atoms with Gasteiger partial charge in [-0.05, 0) is 37.0 Å².